The molecule has 2 rings (SSSR count). The van der Waals surface area contributed by atoms with E-state index < -0.39 is 5.54 Å². The maximum Gasteiger partial charge on any atom is 0.251 e. The zero-order valence-electron chi connectivity index (χ0n) is 11.3. The lowest BCUT2D eigenvalue weighted by Crippen LogP contribution is -2.41. The molecule has 0 atom stereocenters. The molecule has 2 aromatic carbocycles. The van der Waals surface area contributed by atoms with Crippen LogP contribution in [0.1, 0.15) is 29.8 Å². The van der Waals surface area contributed by atoms with Gasteiger partial charge in [0.25, 0.3) is 5.91 Å². The maximum atomic E-state index is 12.9. The number of amides is 1. The fourth-order valence-electron chi connectivity index (χ4n) is 1.91. The van der Waals surface area contributed by atoms with Crippen LogP contribution in [0.5, 0.6) is 0 Å². The van der Waals surface area contributed by atoms with Gasteiger partial charge in [-0.05, 0) is 55.8 Å². The molecular formula is C16H15ClFNO. The van der Waals surface area contributed by atoms with Gasteiger partial charge in [-0.15, -0.1) is 0 Å². The van der Waals surface area contributed by atoms with E-state index in [1.54, 1.807) is 6.07 Å². The van der Waals surface area contributed by atoms with Crippen LogP contribution in [0, 0.1) is 5.82 Å². The lowest BCUT2D eigenvalue weighted by Gasteiger charge is -2.27. The van der Waals surface area contributed by atoms with Crippen LogP contribution in [0.2, 0.25) is 5.02 Å². The van der Waals surface area contributed by atoms with E-state index in [4.69, 9.17) is 11.6 Å². The fraction of sp³-hybridized carbons (Fsp3) is 0.188. The number of nitrogens with one attached hydrogen (secondary N) is 1. The Bertz CT molecular complexity index is 623. The first-order valence-electron chi connectivity index (χ1n) is 6.22. The third kappa shape index (κ3) is 3.36. The minimum absolute atomic E-state index is 0.255. The summed E-state index contributed by atoms with van der Waals surface area (Å²) >= 11 is 5.97. The monoisotopic (exact) mass is 291 g/mol. The van der Waals surface area contributed by atoms with Crippen molar-refractivity contribution in [2.75, 3.05) is 0 Å². The molecule has 0 aliphatic heterocycles. The number of benzene rings is 2. The number of hydrogen-bond acceptors (Lipinski definition) is 1. The smallest absolute Gasteiger partial charge is 0.251 e. The Labute approximate surface area is 122 Å². The fourth-order valence-corrected chi connectivity index (χ4v) is 2.10. The Morgan fingerprint density at radius 2 is 1.80 bits per heavy atom. The zero-order valence-corrected chi connectivity index (χ0v) is 12.0. The van der Waals surface area contributed by atoms with E-state index >= 15 is 0 Å². The van der Waals surface area contributed by atoms with Crippen molar-refractivity contribution in [2.24, 2.45) is 0 Å². The van der Waals surface area contributed by atoms with Crippen molar-refractivity contribution in [2.45, 2.75) is 19.4 Å². The Balaban J connectivity index is 2.19. The molecule has 2 nitrogen and oxygen atoms in total. The highest BCUT2D eigenvalue weighted by molar-refractivity contribution is 6.30. The molecule has 1 amide bonds. The summed E-state index contributed by atoms with van der Waals surface area (Å²) in [6.07, 6.45) is 0. The molecule has 2 aromatic rings. The Kier molecular flexibility index (Phi) is 4.09. The van der Waals surface area contributed by atoms with Gasteiger partial charge >= 0.3 is 0 Å². The molecule has 104 valence electrons. The van der Waals surface area contributed by atoms with E-state index in [1.807, 2.05) is 32.0 Å². The van der Waals surface area contributed by atoms with Gasteiger partial charge in [0.15, 0.2) is 0 Å². The van der Waals surface area contributed by atoms with E-state index in [0.29, 0.717) is 10.6 Å². The van der Waals surface area contributed by atoms with Gasteiger partial charge in [-0.25, -0.2) is 4.39 Å². The summed E-state index contributed by atoms with van der Waals surface area (Å²) in [5.74, 6) is -0.620. The van der Waals surface area contributed by atoms with Gasteiger partial charge < -0.3 is 5.32 Å². The van der Waals surface area contributed by atoms with Crippen molar-refractivity contribution < 1.29 is 9.18 Å². The maximum absolute atomic E-state index is 12.9. The standard InChI is InChI=1S/C16H15ClFNO/c1-16(2,12-4-3-5-13(17)10-12)19-15(20)11-6-8-14(18)9-7-11/h3-10H,1-2H3,(H,19,20). The number of rotatable bonds is 3. The molecular weight excluding hydrogens is 277 g/mol. The molecule has 0 unspecified atom stereocenters. The van der Waals surface area contributed by atoms with Crippen molar-refractivity contribution in [3.05, 3.63) is 70.5 Å². The normalized spacial score (nSPS) is 11.2. The van der Waals surface area contributed by atoms with E-state index in [0.717, 1.165) is 5.56 Å². The van der Waals surface area contributed by atoms with Crippen molar-refractivity contribution in [3.63, 3.8) is 0 Å². The highest BCUT2D eigenvalue weighted by atomic mass is 35.5. The second kappa shape index (κ2) is 5.63. The molecule has 0 spiro atoms. The van der Waals surface area contributed by atoms with Crippen molar-refractivity contribution in [1.82, 2.24) is 5.32 Å². The first-order valence-corrected chi connectivity index (χ1v) is 6.60. The van der Waals surface area contributed by atoms with Crippen LogP contribution in [-0.2, 0) is 5.54 Å². The van der Waals surface area contributed by atoms with E-state index in [2.05, 4.69) is 5.32 Å². The number of halogens is 2. The molecule has 0 aliphatic rings. The summed E-state index contributed by atoms with van der Waals surface area (Å²) in [6, 6.07) is 12.8. The van der Waals surface area contributed by atoms with Crippen LogP contribution in [-0.4, -0.2) is 5.91 Å². The SMILES string of the molecule is CC(C)(NC(=O)c1ccc(F)cc1)c1cccc(Cl)c1. The lowest BCUT2D eigenvalue weighted by molar-refractivity contribution is 0.0912. The minimum atomic E-state index is -0.573. The predicted molar refractivity (Wildman–Crippen MR) is 78.3 cm³/mol. The van der Waals surface area contributed by atoms with E-state index in [9.17, 15) is 9.18 Å². The molecule has 0 fully saturated rings. The van der Waals surface area contributed by atoms with Gasteiger partial charge in [0.2, 0.25) is 0 Å². The van der Waals surface area contributed by atoms with Gasteiger partial charge in [-0.2, -0.15) is 0 Å². The molecule has 0 aliphatic carbocycles. The first kappa shape index (κ1) is 14.5. The van der Waals surface area contributed by atoms with E-state index in [-0.39, 0.29) is 11.7 Å². The largest absolute Gasteiger partial charge is 0.343 e. The summed E-state index contributed by atoms with van der Waals surface area (Å²) in [5, 5.41) is 3.53. The number of carbonyl (C=O) groups is 1. The summed E-state index contributed by atoms with van der Waals surface area (Å²) < 4.78 is 12.9. The van der Waals surface area contributed by atoms with Crippen molar-refractivity contribution in [3.8, 4) is 0 Å². The topological polar surface area (TPSA) is 29.1 Å². The number of hydrogen-bond donors (Lipinski definition) is 1. The van der Waals surface area contributed by atoms with Crippen LogP contribution in [0.3, 0.4) is 0 Å². The van der Waals surface area contributed by atoms with Gasteiger partial charge in [-0.1, -0.05) is 23.7 Å². The molecule has 0 saturated carbocycles. The van der Waals surface area contributed by atoms with Gasteiger partial charge in [-0.3, -0.25) is 4.79 Å². The summed E-state index contributed by atoms with van der Waals surface area (Å²) in [7, 11) is 0. The third-order valence-electron chi connectivity index (χ3n) is 3.08. The highest BCUT2D eigenvalue weighted by Gasteiger charge is 2.23. The molecule has 0 aromatic heterocycles. The minimum Gasteiger partial charge on any atom is -0.343 e. The molecule has 0 bridgehead atoms. The summed E-state index contributed by atoms with van der Waals surface area (Å²) in [4.78, 5) is 12.2. The second-order valence-electron chi connectivity index (χ2n) is 5.10. The molecule has 0 radical (unpaired) electrons. The van der Waals surface area contributed by atoms with Crippen LogP contribution in [0.25, 0.3) is 0 Å². The zero-order chi connectivity index (χ0) is 14.8. The Hall–Kier alpha value is -1.87. The molecule has 0 saturated heterocycles. The molecule has 0 heterocycles. The molecule has 1 N–H and O–H groups in total. The van der Waals surface area contributed by atoms with Crippen LogP contribution in [0.15, 0.2) is 48.5 Å². The Morgan fingerprint density at radius 3 is 2.40 bits per heavy atom. The quantitative estimate of drug-likeness (QED) is 0.904. The van der Waals surface area contributed by atoms with Gasteiger partial charge in [0.05, 0.1) is 5.54 Å². The van der Waals surface area contributed by atoms with Gasteiger partial charge in [0, 0.05) is 10.6 Å². The van der Waals surface area contributed by atoms with Crippen LogP contribution in [0.4, 0.5) is 4.39 Å². The average molecular weight is 292 g/mol. The van der Waals surface area contributed by atoms with Gasteiger partial charge in [0.1, 0.15) is 5.82 Å². The summed E-state index contributed by atoms with van der Waals surface area (Å²) in [6.45, 7) is 3.78. The van der Waals surface area contributed by atoms with Crippen LogP contribution < -0.4 is 5.32 Å². The van der Waals surface area contributed by atoms with E-state index in [1.165, 1.54) is 24.3 Å². The van der Waals surface area contributed by atoms with Crippen LogP contribution >= 0.6 is 11.6 Å². The average Bonchev–Trinajstić information content (AvgIpc) is 2.39. The first-order chi connectivity index (χ1) is 9.38. The predicted octanol–water partition coefficient (Wildman–Crippen LogP) is 4.14. The Morgan fingerprint density at radius 1 is 1.15 bits per heavy atom. The highest BCUT2D eigenvalue weighted by Crippen LogP contribution is 2.23. The molecule has 4 heteroatoms. The van der Waals surface area contributed by atoms with Crippen molar-refractivity contribution in [1.29, 1.82) is 0 Å². The second-order valence-corrected chi connectivity index (χ2v) is 5.53. The number of carbonyl (C=O) groups excluding carboxylic acids is 1. The lowest BCUT2D eigenvalue weighted by atomic mass is 9.94. The summed E-state index contributed by atoms with van der Waals surface area (Å²) in [5.41, 5.74) is 0.748. The molecule has 20 heavy (non-hydrogen) atoms. The third-order valence-corrected chi connectivity index (χ3v) is 3.31. The van der Waals surface area contributed by atoms with Crippen molar-refractivity contribution >= 4 is 17.5 Å².